The second-order valence-corrected chi connectivity index (χ2v) is 5.66. The van der Waals surface area contributed by atoms with Gasteiger partial charge >= 0.3 is 6.09 Å². The van der Waals surface area contributed by atoms with Crippen LogP contribution >= 0.6 is 24.0 Å². The summed E-state index contributed by atoms with van der Waals surface area (Å²) in [4.78, 5) is 24.1. The van der Waals surface area contributed by atoms with Crippen LogP contribution in [0.1, 0.15) is 25.5 Å². The summed E-state index contributed by atoms with van der Waals surface area (Å²) in [5, 5.41) is 13.5. The standard InChI is InChI=1S/C17H27N5O3.HI/c1-3-19-16(20-13-15(23)14-5-7-18-8-6-14)21-9-11-22(12-10-21)17(24)25-4-2;/h5-8,15,23H,3-4,9-13H2,1-2H3,(H,19,20);1H. The Morgan fingerprint density at radius 3 is 2.46 bits per heavy atom. The fourth-order valence-corrected chi connectivity index (χ4v) is 2.61. The number of carbonyl (C=O) groups is 1. The highest BCUT2D eigenvalue weighted by molar-refractivity contribution is 14.0. The number of amides is 1. The lowest BCUT2D eigenvalue weighted by molar-refractivity contribution is 0.0914. The molecule has 1 fully saturated rings. The van der Waals surface area contributed by atoms with Crippen LogP contribution in [-0.2, 0) is 4.74 Å². The molecule has 1 aromatic heterocycles. The molecule has 1 aliphatic heterocycles. The quantitative estimate of drug-likeness (QED) is 0.380. The monoisotopic (exact) mass is 477 g/mol. The van der Waals surface area contributed by atoms with Gasteiger partial charge in [0, 0.05) is 45.1 Å². The summed E-state index contributed by atoms with van der Waals surface area (Å²) in [5.41, 5.74) is 0.793. The van der Waals surface area contributed by atoms with Gasteiger partial charge in [-0.05, 0) is 31.5 Å². The number of nitrogens with one attached hydrogen (secondary N) is 1. The Balaban J connectivity index is 0.00000338. The van der Waals surface area contributed by atoms with Crippen molar-refractivity contribution in [2.45, 2.75) is 20.0 Å². The summed E-state index contributed by atoms with van der Waals surface area (Å²) in [5.74, 6) is 0.749. The lowest BCUT2D eigenvalue weighted by atomic mass is 10.1. The molecule has 0 aromatic carbocycles. The molecular weight excluding hydrogens is 449 g/mol. The number of aromatic nitrogens is 1. The molecule has 9 heteroatoms. The minimum absolute atomic E-state index is 0. The van der Waals surface area contributed by atoms with Crippen molar-refractivity contribution in [3.05, 3.63) is 30.1 Å². The Kier molecular flexibility index (Phi) is 10.3. The molecule has 0 bridgehead atoms. The number of aliphatic hydroxyl groups excluding tert-OH is 1. The topological polar surface area (TPSA) is 90.3 Å². The van der Waals surface area contributed by atoms with Crippen LogP contribution in [-0.4, -0.2) is 77.8 Å². The zero-order chi connectivity index (χ0) is 18.1. The molecule has 26 heavy (non-hydrogen) atoms. The van der Waals surface area contributed by atoms with Crippen LogP contribution in [0.15, 0.2) is 29.5 Å². The minimum Gasteiger partial charge on any atom is -0.450 e. The minimum atomic E-state index is -0.669. The fraction of sp³-hybridized carbons (Fsp3) is 0.588. The zero-order valence-corrected chi connectivity index (χ0v) is 17.6. The number of hydrogen-bond acceptors (Lipinski definition) is 5. The van der Waals surface area contributed by atoms with Crippen LogP contribution in [0.25, 0.3) is 0 Å². The number of rotatable bonds is 5. The van der Waals surface area contributed by atoms with Gasteiger partial charge < -0.3 is 25.0 Å². The van der Waals surface area contributed by atoms with E-state index in [1.807, 2.05) is 6.92 Å². The molecule has 146 valence electrons. The molecule has 2 N–H and O–H groups in total. The first-order valence-corrected chi connectivity index (χ1v) is 8.68. The second kappa shape index (κ2) is 11.9. The molecule has 8 nitrogen and oxygen atoms in total. The van der Waals surface area contributed by atoms with Crippen LogP contribution in [0.2, 0.25) is 0 Å². The van der Waals surface area contributed by atoms with E-state index in [9.17, 15) is 9.90 Å². The van der Waals surface area contributed by atoms with E-state index >= 15 is 0 Å². The molecule has 1 atom stereocenters. The Labute approximate surface area is 171 Å². The zero-order valence-electron chi connectivity index (χ0n) is 15.3. The van der Waals surface area contributed by atoms with E-state index in [4.69, 9.17) is 4.74 Å². The largest absolute Gasteiger partial charge is 0.450 e. The first-order valence-electron chi connectivity index (χ1n) is 8.68. The number of carbonyl (C=O) groups excluding carboxylic acids is 1. The molecule has 1 amide bonds. The van der Waals surface area contributed by atoms with Crippen molar-refractivity contribution in [2.75, 3.05) is 45.9 Å². The molecule has 0 radical (unpaired) electrons. The van der Waals surface area contributed by atoms with E-state index in [0.717, 1.165) is 18.1 Å². The summed E-state index contributed by atoms with van der Waals surface area (Å²) < 4.78 is 5.04. The van der Waals surface area contributed by atoms with Crippen molar-refractivity contribution in [1.82, 2.24) is 20.1 Å². The lowest BCUT2D eigenvalue weighted by Gasteiger charge is -2.36. The molecule has 1 saturated heterocycles. The van der Waals surface area contributed by atoms with E-state index in [1.54, 1.807) is 36.4 Å². The molecule has 0 aliphatic carbocycles. The van der Waals surface area contributed by atoms with E-state index < -0.39 is 6.10 Å². The van der Waals surface area contributed by atoms with Gasteiger partial charge in [0.05, 0.1) is 19.3 Å². The molecule has 2 rings (SSSR count). The maximum Gasteiger partial charge on any atom is 0.409 e. The van der Waals surface area contributed by atoms with Crippen LogP contribution in [0.4, 0.5) is 4.79 Å². The Bertz CT molecular complexity index is 565. The number of halogens is 1. The molecule has 1 unspecified atom stereocenters. The molecule has 1 aromatic rings. The number of piperazine rings is 1. The number of aliphatic imine (C=N–C) groups is 1. The predicted molar refractivity (Wildman–Crippen MR) is 111 cm³/mol. The van der Waals surface area contributed by atoms with Gasteiger partial charge in [0.2, 0.25) is 0 Å². The first-order chi connectivity index (χ1) is 12.2. The summed E-state index contributed by atoms with van der Waals surface area (Å²) in [6.07, 6.45) is 2.37. The third kappa shape index (κ3) is 6.60. The highest BCUT2D eigenvalue weighted by Crippen LogP contribution is 2.12. The van der Waals surface area contributed by atoms with Gasteiger partial charge in [0.15, 0.2) is 5.96 Å². The van der Waals surface area contributed by atoms with Crippen molar-refractivity contribution in [1.29, 1.82) is 0 Å². The summed E-state index contributed by atoms with van der Waals surface area (Å²) in [7, 11) is 0. The maximum absolute atomic E-state index is 11.8. The van der Waals surface area contributed by atoms with Crippen LogP contribution in [0.3, 0.4) is 0 Å². The smallest absolute Gasteiger partial charge is 0.409 e. The summed E-state index contributed by atoms with van der Waals surface area (Å²) in [6, 6.07) is 3.57. The molecule has 0 saturated carbocycles. The SMILES string of the molecule is CCNC(=NCC(O)c1ccncc1)N1CCN(C(=O)OCC)CC1.I. The van der Waals surface area contributed by atoms with E-state index in [1.165, 1.54) is 0 Å². The van der Waals surface area contributed by atoms with Gasteiger partial charge in [-0.2, -0.15) is 0 Å². The molecular formula is C17H28IN5O3. The third-order valence-corrected chi connectivity index (χ3v) is 3.94. The first kappa shape index (κ1) is 22.4. The van der Waals surface area contributed by atoms with Crippen LogP contribution in [0.5, 0.6) is 0 Å². The Morgan fingerprint density at radius 1 is 1.27 bits per heavy atom. The van der Waals surface area contributed by atoms with Crippen LogP contribution < -0.4 is 5.32 Å². The van der Waals surface area contributed by atoms with Crippen molar-refractivity contribution < 1.29 is 14.6 Å². The number of ether oxygens (including phenoxy) is 1. The summed E-state index contributed by atoms with van der Waals surface area (Å²) >= 11 is 0. The van der Waals surface area contributed by atoms with Gasteiger partial charge in [0.25, 0.3) is 0 Å². The molecule has 1 aliphatic rings. The number of nitrogens with zero attached hydrogens (tertiary/aromatic N) is 4. The normalized spacial score (nSPS) is 15.9. The summed E-state index contributed by atoms with van der Waals surface area (Å²) in [6.45, 7) is 7.74. The number of hydrogen-bond donors (Lipinski definition) is 2. The van der Waals surface area contributed by atoms with Gasteiger partial charge in [0.1, 0.15) is 0 Å². The third-order valence-electron chi connectivity index (χ3n) is 3.94. The van der Waals surface area contributed by atoms with E-state index in [0.29, 0.717) is 32.8 Å². The van der Waals surface area contributed by atoms with Gasteiger partial charge in [-0.3, -0.25) is 9.98 Å². The average Bonchev–Trinajstić information content (AvgIpc) is 2.66. The highest BCUT2D eigenvalue weighted by atomic mass is 127. The maximum atomic E-state index is 11.8. The van der Waals surface area contributed by atoms with Crippen LogP contribution in [0, 0.1) is 0 Å². The Morgan fingerprint density at radius 2 is 1.88 bits per heavy atom. The predicted octanol–water partition coefficient (Wildman–Crippen LogP) is 1.47. The molecule has 0 spiro atoms. The lowest BCUT2D eigenvalue weighted by Crippen LogP contribution is -2.54. The number of guanidine groups is 1. The second-order valence-electron chi connectivity index (χ2n) is 5.66. The number of pyridine rings is 1. The van der Waals surface area contributed by atoms with Crippen molar-refractivity contribution >= 4 is 36.0 Å². The van der Waals surface area contributed by atoms with Crippen molar-refractivity contribution in [3.8, 4) is 0 Å². The average molecular weight is 477 g/mol. The number of aliphatic hydroxyl groups is 1. The van der Waals surface area contributed by atoms with Gasteiger partial charge in [-0.1, -0.05) is 0 Å². The van der Waals surface area contributed by atoms with Gasteiger partial charge in [-0.15, -0.1) is 24.0 Å². The van der Waals surface area contributed by atoms with E-state index in [-0.39, 0.29) is 36.6 Å². The van der Waals surface area contributed by atoms with Crippen molar-refractivity contribution in [2.24, 2.45) is 4.99 Å². The van der Waals surface area contributed by atoms with Crippen molar-refractivity contribution in [3.63, 3.8) is 0 Å². The molecule has 2 heterocycles. The Hall–Kier alpha value is -1.62. The van der Waals surface area contributed by atoms with Gasteiger partial charge in [-0.25, -0.2) is 4.79 Å². The van der Waals surface area contributed by atoms with E-state index in [2.05, 4.69) is 20.2 Å². The highest BCUT2D eigenvalue weighted by Gasteiger charge is 2.23. The fourth-order valence-electron chi connectivity index (χ4n) is 2.61.